The Morgan fingerprint density at radius 1 is 1.44 bits per heavy atom. The molecule has 0 amide bonds. The number of aliphatic hydroxyl groups is 1. The third kappa shape index (κ3) is 2.20. The maximum atomic E-state index is 10.6. The molecule has 0 spiro atoms. The Morgan fingerprint density at radius 2 is 2.12 bits per heavy atom. The van der Waals surface area contributed by atoms with Crippen LogP contribution in [-0.2, 0) is 6.54 Å². The number of hydrogen-bond donors (Lipinski definition) is 1. The number of likely N-dealkylation sites (tertiary alicyclic amines) is 1. The quantitative estimate of drug-likeness (QED) is 0.608. The largest absolute Gasteiger partial charge is 0.372 e. The van der Waals surface area contributed by atoms with Gasteiger partial charge in [0, 0.05) is 24.4 Å². The van der Waals surface area contributed by atoms with Gasteiger partial charge in [-0.2, -0.15) is 0 Å². The van der Waals surface area contributed by atoms with Crippen LogP contribution in [0.5, 0.6) is 0 Å². The first-order valence-corrected chi connectivity index (χ1v) is 5.28. The minimum absolute atomic E-state index is 0.393. The van der Waals surface area contributed by atoms with Crippen LogP contribution in [0.25, 0.3) is 0 Å². The predicted octanol–water partition coefficient (Wildman–Crippen LogP) is 0.856. The molecule has 1 saturated heterocycles. The van der Waals surface area contributed by atoms with Crippen molar-refractivity contribution in [3.63, 3.8) is 0 Å². The molecule has 86 valence electrons. The Hall–Kier alpha value is -1.46. The van der Waals surface area contributed by atoms with Crippen LogP contribution in [0.3, 0.4) is 0 Å². The average Bonchev–Trinajstić information content (AvgIpc) is 2.62. The van der Waals surface area contributed by atoms with E-state index in [1.54, 1.807) is 4.90 Å². The van der Waals surface area contributed by atoms with Gasteiger partial charge in [0.1, 0.15) is 0 Å². The van der Waals surface area contributed by atoms with E-state index in [-0.39, 0.29) is 0 Å². The minimum atomic E-state index is -0.963. The summed E-state index contributed by atoms with van der Waals surface area (Å²) in [4.78, 5) is 12.0. The van der Waals surface area contributed by atoms with Gasteiger partial charge in [0.2, 0.25) is 0 Å². The molecular weight excluding hydrogens is 208 g/mol. The first-order chi connectivity index (χ1) is 7.68. The maximum absolute atomic E-state index is 10.6. The van der Waals surface area contributed by atoms with E-state index in [0.29, 0.717) is 19.5 Å². The average molecular weight is 222 g/mol. The first kappa shape index (κ1) is 11.0. The van der Waals surface area contributed by atoms with Crippen LogP contribution in [0, 0.1) is 10.1 Å². The highest BCUT2D eigenvalue weighted by molar-refractivity contribution is 5.14. The highest BCUT2D eigenvalue weighted by Crippen LogP contribution is 2.20. The number of nitrogens with zero attached hydrogens (tertiary/aromatic N) is 2. The summed E-state index contributed by atoms with van der Waals surface area (Å²) < 4.78 is 0. The van der Waals surface area contributed by atoms with Crippen molar-refractivity contribution < 1.29 is 10.0 Å². The third-order valence-corrected chi connectivity index (χ3v) is 2.93. The Labute approximate surface area is 93.5 Å². The van der Waals surface area contributed by atoms with Crippen LogP contribution in [0.1, 0.15) is 12.0 Å². The van der Waals surface area contributed by atoms with Gasteiger partial charge >= 0.3 is 0 Å². The third-order valence-electron chi connectivity index (χ3n) is 2.93. The number of benzene rings is 1. The van der Waals surface area contributed by atoms with Crippen molar-refractivity contribution in [2.75, 3.05) is 6.54 Å². The molecule has 2 atom stereocenters. The van der Waals surface area contributed by atoms with Gasteiger partial charge in [-0.25, -0.2) is 0 Å². The Morgan fingerprint density at radius 3 is 2.69 bits per heavy atom. The molecule has 0 aliphatic carbocycles. The normalized spacial score (nSPS) is 25.8. The second-order valence-corrected chi connectivity index (χ2v) is 4.01. The topological polar surface area (TPSA) is 66.6 Å². The first-order valence-electron chi connectivity index (χ1n) is 5.28. The fourth-order valence-electron chi connectivity index (χ4n) is 2.03. The van der Waals surface area contributed by atoms with Crippen LogP contribution >= 0.6 is 0 Å². The molecule has 0 saturated carbocycles. The van der Waals surface area contributed by atoms with Crippen molar-refractivity contribution in [1.29, 1.82) is 0 Å². The molecule has 5 heteroatoms. The molecule has 1 aliphatic rings. The van der Waals surface area contributed by atoms with Gasteiger partial charge in [-0.05, 0) is 5.56 Å². The Balaban J connectivity index is 2.00. The lowest BCUT2D eigenvalue weighted by Gasteiger charge is -2.19. The van der Waals surface area contributed by atoms with E-state index in [1.165, 1.54) is 0 Å². The summed E-state index contributed by atoms with van der Waals surface area (Å²) in [6, 6.07) is 8.82. The molecule has 0 unspecified atom stereocenters. The van der Waals surface area contributed by atoms with Gasteiger partial charge in [-0.3, -0.25) is 15.0 Å². The molecule has 0 bridgehead atoms. The summed E-state index contributed by atoms with van der Waals surface area (Å²) in [7, 11) is 0. The smallest absolute Gasteiger partial charge is 0.253 e. The van der Waals surface area contributed by atoms with Crippen LogP contribution < -0.4 is 0 Å². The molecule has 1 aliphatic heterocycles. The molecule has 1 heterocycles. The number of aliphatic hydroxyl groups excluding tert-OH is 1. The molecule has 0 aromatic heterocycles. The summed E-state index contributed by atoms with van der Waals surface area (Å²) in [6.07, 6.45) is -0.545. The standard InChI is InChI=1S/C11H14N2O3/c14-11-10(13(15)16)6-7-12(11)8-9-4-2-1-3-5-9/h1-5,10-11,14H,6-8H2/t10-,11+/m0/s1. The van der Waals surface area contributed by atoms with Gasteiger partial charge < -0.3 is 5.11 Å². The van der Waals surface area contributed by atoms with Crippen molar-refractivity contribution in [1.82, 2.24) is 4.90 Å². The van der Waals surface area contributed by atoms with E-state index >= 15 is 0 Å². The molecule has 16 heavy (non-hydrogen) atoms. The van der Waals surface area contributed by atoms with Crippen LogP contribution in [0.4, 0.5) is 0 Å². The van der Waals surface area contributed by atoms with Crippen LogP contribution in [0.2, 0.25) is 0 Å². The van der Waals surface area contributed by atoms with E-state index in [1.807, 2.05) is 30.3 Å². The number of nitro groups is 1. The van der Waals surface area contributed by atoms with Gasteiger partial charge in [0.25, 0.3) is 6.04 Å². The van der Waals surface area contributed by atoms with Gasteiger partial charge in [0.15, 0.2) is 6.23 Å². The van der Waals surface area contributed by atoms with Crippen molar-refractivity contribution in [2.24, 2.45) is 0 Å². The van der Waals surface area contributed by atoms with Gasteiger partial charge in [-0.15, -0.1) is 0 Å². The molecule has 1 fully saturated rings. The van der Waals surface area contributed by atoms with E-state index in [2.05, 4.69) is 0 Å². The van der Waals surface area contributed by atoms with Gasteiger partial charge in [0.05, 0.1) is 0 Å². The summed E-state index contributed by atoms with van der Waals surface area (Å²) >= 11 is 0. The van der Waals surface area contributed by atoms with E-state index in [0.717, 1.165) is 5.56 Å². The number of rotatable bonds is 3. The van der Waals surface area contributed by atoms with Crippen LogP contribution in [-0.4, -0.2) is 33.7 Å². The fraction of sp³-hybridized carbons (Fsp3) is 0.455. The molecule has 1 aromatic rings. The molecule has 0 radical (unpaired) electrons. The summed E-state index contributed by atoms with van der Waals surface area (Å²) in [5.74, 6) is 0. The van der Waals surface area contributed by atoms with Crippen LogP contribution in [0.15, 0.2) is 30.3 Å². The van der Waals surface area contributed by atoms with Gasteiger partial charge in [-0.1, -0.05) is 30.3 Å². The van der Waals surface area contributed by atoms with E-state index in [4.69, 9.17) is 0 Å². The van der Waals surface area contributed by atoms with Crippen molar-refractivity contribution in [3.8, 4) is 0 Å². The number of hydrogen-bond acceptors (Lipinski definition) is 4. The predicted molar refractivity (Wildman–Crippen MR) is 58.3 cm³/mol. The monoisotopic (exact) mass is 222 g/mol. The minimum Gasteiger partial charge on any atom is -0.372 e. The highest BCUT2D eigenvalue weighted by Gasteiger charge is 2.40. The lowest BCUT2D eigenvalue weighted by molar-refractivity contribution is -0.533. The lowest BCUT2D eigenvalue weighted by atomic mass is 10.2. The van der Waals surface area contributed by atoms with Crippen molar-refractivity contribution in [3.05, 3.63) is 46.0 Å². The molecule has 2 rings (SSSR count). The molecule has 1 aromatic carbocycles. The highest BCUT2D eigenvalue weighted by atomic mass is 16.6. The molecule has 1 N–H and O–H groups in total. The Bertz CT molecular complexity index is 369. The van der Waals surface area contributed by atoms with E-state index in [9.17, 15) is 15.2 Å². The maximum Gasteiger partial charge on any atom is 0.253 e. The zero-order valence-electron chi connectivity index (χ0n) is 8.82. The zero-order chi connectivity index (χ0) is 11.5. The summed E-state index contributed by atoms with van der Waals surface area (Å²) in [5.41, 5.74) is 1.06. The molecule has 5 nitrogen and oxygen atoms in total. The molecular formula is C11H14N2O3. The summed E-state index contributed by atoms with van der Waals surface area (Å²) in [6.45, 7) is 1.13. The second-order valence-electron chi connectivity index (χ2n) is 4.01. The second kappa shape index (κ2) is 4.59. The SMILES string of the molecule is O=[N+]([O-])[C@H]1CCN(Cc2ccccc2)[C@@H]1O. The fourth-order valence-corrected chi connectivity index (χ4v) is 2.03. The Kier molecular flexibility index (Phi) is 3.17. The van der Waals surface area contributed by atoms with Crippen molar-refractivity contribution in [2.45, 2.75) is 25.2 Å². The summed E-state index contributed by atoms with van der Waals surface area (Å²) in [5, 5.41) is 20.4. The zero-order valence-corrected chi connectivity index (χ0v) is 8.82. The lowest BCUT2D eigenvalue weighted by Crippen LogP contribution is -2.38. The van der Waals surface area contributed by atoms with E-state index < -0.39 is 17.2 Å². The van der Waals surface area contributed by atoms with Crippen molar-refractivity contribution >= 4 is 0 Å².